The molecule has 1 heterocycles. The molecule has 1 amide bonds. The normalized spacial score (nSPS) is 16.6. The number of amides is 1. The Hall–Kier alpha value is -0.770. The summed E-state index contributed by atoms with van der Waals surface area (Å²) in [6.45, 7) is 1.88. The molecule has 5 heteroatoms. The summed E-state index contributed by atoms with van der Waals surface area (Å²) in [7, 11) is 0. The van der Waals surface area contributed by atoms with E-state index in [2.05, 4.69) is 5.43 Å². The minimum atomic E-state index is -0.00436. The zero-order valence-electron chi connectivity index (χ0n) is 10.1. The molecule has 2 rings (SSSR count). The molecule has 18 heavy (non-hydrogen) atoms. The topological polar surface area (TPSA) is 32.3 Å². The first kappa shape index (κ1) is 13.7. The van der Waals surface area contributed by atoms with E-state index in [1.54, 1.807) is 12.1 Å². The van der Waals surface area contributed by atoms with Crippen molar-refractivity contribution in [3.8, 4) is 0 Å². The van der Waals surface area contributed by atoms with Gasteiger partial charge in [-0.3, -0.25) is 10.2 Å². The minimum absolute atomic E-state index is 0.00436. The summed E-state index contributed by atoms with van der Waals surface area (Å²) < 4.78 is 0. The fraction of sp³-hybridized carbons (Fsp3) is 0.462. The van der Waals surface area contributed by atoms with Gasteiger partial charge in [-0.1, -0.05) is 35.7 Å². The van der Waals surface area contributed by atoms with Crippen LogP contribution in [0.4, 0.5) is 0 Å². The third kappa shape index (κ3) is 3.87. The van der Waals surface area contributed by atoms with Gasteiger partial charge in [-0.05, 0) is 30.5 Å². The summed E-state index contributed by atoms with van der Waals surface area (Å²) in [5.74, 6) is -0.00436. The van der Waals surface area contributed by atoms with Crippen molar-refractivity contribution >= 4 is 29.1 Å². The number of hydrogen-bond acceptors (Lipinski definition) is 2. The van der Waals surface area contributed by atoms with E-state index in [-0.39, 0.29) is 5.91 Å². The highest BCUT2D eigenvalue weighted by atomic mass is 35.5. The molecule has 0 bridgehead atoms. The minimum Gasteiger partial charge on any atom is -0.289 e. The summed E-state index contributed by atoms with van der Waals surface area (Å²) in [5.41, 5.74) is 3.79. The second-order valence-corrected chi connectivity index (χ2v) is 5.32. The van der Waals surface area contributed by atoms with Gasteiger partial charge in [0.1, 0.15) is 0 Å². The Morgan fingerprint density at radius 3 is 2.56 bits per heavy atom. The number of rotatable bonds is 3. The van der Waals surface area contributed by atoms with Gasteiger partial charge in [-0.25, -0.2) is 5.01 Å². The molecule has 98 valence electrons. The van der Waals surface area contributed by atoms with Crippen LogP contribution in [0.5, 0.6) is 0 Å². The third-order valence-corrected chi connectivity index (χ3v) is 3.73. The van der Waals surface area contributed by atoms with Gasteiger partial charge in [-0.2, -0.15) is 0 Å². The van der Waals surface area contributed by atoms with Gasteiger partial charge in [0.25, 0.3) is 0 Å². The molecule has 0 atom stereocenters. The SMILES string of the molecule is O=C(Cc1ccc(Cl)c(Cl)c1)NN1CCCCC1. The number of carbonyl (C=O) groups excluding carboxylic acids is 1. The maximum absolute atomic E-state index is 11.8. The zero-order valence-corrected chi connectivity index (χ0v) is 11.6. The third-order valence-electron chi connectivity index (χ3n) is 2.99. The molecule has 1 aliphatic rings. The lowest BCUT2D eigenvalue weighted by Crippen LogP contribution is -2.45. The van der Waals surface area contributed by atoms with Crippen LogP contribution in [0.15, 0.2) is 18.2 Å². The molecule has 1 aromatic carbocycles. The van der Waals surface area contributed by atoms with Gasteiger partial charge in [0.05, 0.1) is 16.5 Å². The highest BCUT2D eigenvalue weighted by Crippen LogP contribution is 2.22. The molecule has 0 aliphatic carbocycles. The summed E-state index contributed by atoms with van der Waals surface area (Å²) in [6, 6.07) is 5.27. The van der Waals surface area contributed by atoms with Crippen molar-refractivity contribution in [3.05, 3.63) is 33.8 Å². The number of hydrazine groups is 1. The lowest BCUT2D eigenvalue weighted by molar-refractivity contribution is -0.125. The monoisotopic (exact) mass is 286 g/mol. The van der Waals surface area contributed by atoms with E-state index >= 15 is 0 Å². The molecule has 1 aromatic rings. The number of hydrogen-bond donors (Lipinski definition) is 1. The fourth-order valence-corrected chi connectivity index (χ4v) is 2.38. The van der Waals surface area contributed by atoms with E-state index in [0.717, 1.165) is 31.5 Å². The number of piperidine rings is 1. The lowest BCUT2D eigenvalue weighted by Gasteiger charge is -2.26. The van der Waals surface area contributed by atoms with Crippen LogP contribution >= 0.6 is 23.2 Å². The Morgan fingerprint density at radius 1 is 1.17 bits per heavy atom. The van der Waals surface area contributed by atoms with E-state index in [1.165, 1.54) is 6.42 Å². The molecular formula is C13H16Cl2N2O. The number of benzene rings is 1. The number of carbonyl (C=O) groups is 1. The van der Waals surface area contributed by atoms with Crippen LogP contribution in [-0.2, 0) is 11.2 Å². The van der Waals surface area contributed by atoms with Crippen molar-refractivity contribution in [2.45, 2.75) is 25.7 Å². The van der Waals surface area contributed by atoms with Crippen molar-refractivity contribution in [1.82, 2.24) is 10.4 Å². The van der Waals surface area contributed by atoms with Gasteiger partial charge in [-0.15, -0.1) is 0 Å². The Morgan fingerprint density at radius 2 is 1.89 bits per heavy atom. The molecule has 1 aliphatic heterocycles. The highest BCUT2D eigenvalue weighted by Gasteiger charge is 2.13. The summed E-state index contributed by atoms with van der Waals surface area (Å²) in [6.07, 6.45) is 3.87. The predicted molar refractivity (Wildman–Crippen MR) is 73.7 cm³/mol. The average molecular weight is 287 g/mol. The Kier molecular flexibility index (Phi) is 4.87. The van der Waals surface area contributed by atoms with Crippen LogP contribution in [0.25, 0.3) is 0 Å². The average Bonchev–Trinajstić information content (AvgIpc) is 2.35. The molecule has 0 unspecified atom stereocenters. The van der Waals surface area contributed by atoms with Gasteiger partial charge >= 0.3 is 0 Å². The second kappa shape index (κ2) is 6.41. The largest absolute Gasteiger partial charge is 0.289 e. The molecule has 3 nitrogen and oxygen atoms in total. The highest BCUT2D eigenvalue weighted by molar-refractivity contribution is 6.42. The smallest absolute Gasteiger partial charge is 0.238 e. The van der Waals surface area contributed by atoms with Crippen LogP contribution in [-0.4, -0.2) is 24.0 Å². The van der Waals surface area contributed by atoms with Crippen molar-refractivity contribution in [1.29, 1.82) is 0 Å². The maximum Gasteiger partial charge on any atom is 0.238 e. The standard InChI is InChI=1S/C13H16Cl2N2O/c14-11-5-4-10(8-12(11)15)9-13(18)16-17-6-2-1-3-7-17/h4-5,8H,1-3,6-7,9H2,(H,16,18). The lowest BCUT2D eigenvalue weighted by atomic mass is 10.1. The van der Waals surface area contributed by atoms with Crippen LogP contribution < -0.4 is 5.43 Å². The quantitative estimate of drug-likeness (QED) is 0.926. The van der Waals surface area contributed by atoms with Gasteiger partial charge < -0.3 is 0 Å². The van der Waals surface area contributed by atoms with Crippen LogP contribution in [0.3, 0.4) is 0 Å². The van der Waals surface area contributed by atoms with Crippen LogP contribution in [0, 0.1) is 0 Å². The molecule has 1 N–H and O–H groups in total. The summed E-state index contributed by atoms with van der Waals surface area (Å²) >= 11 is 11.7. The summed E-state index contributed by atoms with van der Waals surface area (Å²) in [5, 5.41) is 2.99. The molecule has 0 saturated carbocycles. The van der Waals surface area contributed by atoms with Crippen molar-refractivity contribution in [2.24, 2.45) is 0 Å². The Bertz CT molecular complexity index is 431. The van der Waals surface area contributed by atoms with E-state index < -0.39 is 0 Å². The number of nitrogens with zero attached hydrogens (tertiary/aromatic N) is 1. The molecule has 1 saturated heterocycles. The van der Waals surface area contributed by atoms with Crippen LogP contribution in [0.2, 0.25) is 10.0 Å². The molecule has 1 fully saturated rings. The summed E-state index contributed by atoms with van der Waals surface area (Å²) in [4.78, 5) is 11.8. The van der Waals surface area contributed by atoms with E-state index in [4.69, 9.17) is 23.2 Å². The fourth-order valence-electron chi connectivity index (χ4n) is 2.06. The molecular weight excluding hydrogens is 271 g/mol. The van der Waals surface area contributed by atoms with Crippen molar-refractivity contribution < 1.29 is 4.79 Å². The Labute approximate surface area is 117 Å². The van der Waals surface area contributed by atoms with Crippen molar-refractivity contribution in [2.75, 3.05) is 13.1 Å². The molecule has 0 spiro atoms. The first-order valence-corrected chi connectivity index (χ1v) is 6.89. The van der Waals surface area contributed by atoms with Gasteiger partial charge in [0.15, 0.2) is 0 Å². The number of nitrogens with one attached hydrogen (secondary N) is 1. The van der Waals surface area contributed by atoms with Gasteiger partial charge in [0, 0.05) is 13.1 Å². The molecule has 0 radical (unpaired) electrons. The maximum atomic E-state index is 11.8. The van der Waals surface area contributed by atoms with Gasteiger partial charge in [0.2, 0.25) is 5.91 Å². The first-order valence-electron chi connectivity index (χ1n) is 6.13. The van der Waals surface area contributed by atoms with E-state index in [1.807, 2.05) is 11.1 Å². The van der Waals surface area contributed by atoms with Crippen LogP contribution in [0.1, 0.15) is 24.8 Å². The van der Waals surface area contributed by atoms with Crippen molar-refractivity contribution in [3.63, 3.8) is 0 Å². The number of halogens is 2. The van der Waals surface area contributed by atoms with E-state index in [0.29, 0.717) is 16.5 Å². The van der Waals surface area contributed by atoms with E-state index in [9.17, 15) is 4.79 Å². The molecule has 0 aromatic heterocycles. The Balaban J connectivity index is 1.88. The second-order valence-electron chi connectivity index (χ2n) is 4.51. The predicted octanol–water partition coefficient (Wildman–Crippen LogP) is 3.05. The first-order chi connectivity index (χ1) is 8.65. The zero-order chi connectivity index (χ0) is 13.0.